The maximum atomic E-state index is 12.7. The highest BCUT2D eigenvalue weighted by Gasteiger charge is 2.39. The van der Waals surface area contributed by atoms with E-state index < -0.39 is 5.92 Å². The van der Waals surface area contributed by atoms with Crippen molar-refractivity contribution >= 4 is 34.1 Å². The number of ketones is 1. The van der Waals surface area contributed by atoms with Gasteiger partial charge in [-0.3, -0.25) is 9.59 Å². The summed E-state index contributed by atoms with van der Waals surface area (Å²) in [7, 11) is 0. The Morgan fingerprint density at radius 1 is 1.12 bits per heavy atom. The summed E-state index contributed by atoms with van der Waals surface area (Å²) in [4.78, 5) is 33.0. The van der Waals surface area contributed by atoms with Crippen molar-refractivity contribution in [2.45, 2.75) is 19.8 Å². The minimum absolute atomic E-state index is 0.130. The van der Waals surface area contributed by atoms with Gasteiger partial charge in [0.25, 0.3) is 5.91 Å². The van der Waals surface area contributed by atoms with Crippen LogP contribution in [0.3, 0.4) is 0 Å². The smallest absolute Gasteiger partial charge is 0.263 e. The quantitative estimate of drug-likeness (QED) is 0.721. The number of benzene rings is 2. The minimum Gasteiger partial charge on any atom is -0.342 e. The zero-order chi connectivity index (χ0) is 18.1. The first-order chi connectivity index (χ1) is 12.6. The van der Waals surface area contributed by atoms with Gasteiger partial charge < -0.3 is 4.98 Å². The number of anilines is 1. The van der Waals surface area contributed by atoms with Crippen LogP contribution in [0.15, 0.2) is 59.7 Å². The molecule has 0 radical (unpaired) electrons. The standard InChI is InChI=1S/C20H18N4O2/c1-13-19(20(26)24(23-13)14-7-3-2-4-8-14)17(25)11-12-18-21-15-9-5-6-10-16(15)22-18/h2-10,19H,11-12H2,1H3,(H,21,22)/t19-/m1/s1. The third kappa shape index (κ3) is 2.90. The molecule has 1 atom stereocenters. The van der Waals surface area contributed by atoms with Gasteiger partial charge in [0, 0.05) is 12.8 Å². The third-order valence-corrected chi connectivity index (χ3v) is 4.50. The SMILES string of the molecule is CC1=NN(c2ccccc2)C(=O)[C@H]1C(=O)CCc1nc2ccccc2[nH]1. The van der Waals surface area contributed by atoms with Crippen LogP contribution in [0.4, 0.5) is 5.69 Å². The number of hydrogen-bond donors (Lipinski definition) is 1. The largest absolute Gasteiger partial charge is 0.342 e. The van der Waals surface area contributed by atoms with E-state index >= 15 is 0 Å². The Morgan fingerprint density at radius 3 is 2.62 bits per heavy atom. The van der Waals surface area contributed by atoms with Gasteiger partial charge in [-0.2, -0.15) is 10.1 Å². The van der Waals surface area contributed by atoms with Gasteiger partial charge in [-0.15, -0.1) is 0 Å². The summed E-state index contributed by atoms with van der Waals surface area (Å²) < 4.78 is 0. The van der Waals surface area contributed by atoms with Crippen LogP contribution in [0.5, 0.6) is 0 Å². The molecule has 1 aliphatic heterocycles. The van der Waals surface area contributed by atoms with Crippen molar-refractivity contribution in [3.63, 3.8) is 0 Å². The van der Waals surface area contributed by atoms with E-state index in [0.717, 1.165) is 16.9 Å². The Labute approximate surface area is 150 Å². The van der Waals surface area contributed by atoms with Gasteiger partial charge in [-0.1, -0.05) is 30.3 Å². The van der Waals surface area contributed by atoms with E-state index in [4.69, 9.17) is 0 Å². The zero-order valence-corrected chi connectivity index (χ0v) is 14.3. The number of rotatable bonds is 5. The first-order valence-electron chi connectivity index (χ1n) is 8.54. The predicted molar refractivity (Wildman–Crippen MR) is 99.9 cm³/mol. The van der Waals surface area contributed by atoms with Crippen LogP contribution >= 0.6 is 0 Å². The number of aromatic amines is 1. The minimum atomic E-state index is -0.806. The molecule has 0 bridgehead atoms. The predicted octanol–water partition coefficient (Wildman–Crippen LogP) is 3.10. The molecule has 3 aromatic rings. The van der Waals surface area contributed by atoms with Gasteiger partial charge in [0.05, 0.1) is 22.4 Å². The van der Waals surface area contributed by atoms with Crippen LogP contribution in [-0.4, -0.2) is 27.4 Å². The fourth-order valence-corrected chi connectivity index (χ4v) is 3.20. The molecule has 1 amide bonds. The lowest BCUT2D eigenvalue weighted by Crippen LogP contribution is -2.32. The molecule has 2 aromatic carbocycles. The molecule has 26 heavy (non-hydrogen) atoms. The number of aryl methyl sites for hydroxylation is 1. The van der Waals surface area contributed by atoms with Crippen LogP contribution in [-0.2, 0) is 16.0 Å². The second kappa shape index (κ2) is 6.55. The summed E-state index contributed by atoms with van der Waals surface area (Å²) in [5.74, 6) is -0.475. The Hall–Kier alpha value is -3.28. The Balaban J connectivity index is 1.46. The van der Waals surface area contributed by atoms with Crippen LogP contribution in [0, 0.1) is 5.92 Å². The van der Waals surface area contributed by atoms with Gasteiger partial charge in [-0.05, 0) is 31.2 Å². The number of hydrazone groups is 1. The number of amides is 1. The fraction of sp³-hybridized carbons (Fsp3) is 0.200. The monoisotopic (exact) mass is 346 g/mol. The van der Waals surface area contributed by atoms with Crippen molar-refractivity contribution in [1.82, 2.24) is 9.97 Å². The van der Waals surface area contributed by atoms with Crippen LogP contribution in [0.1, 0.15) is 19.2 Å². The van der Waals surface area contributed by atoms with Gasteiger partial charge in [0.1, 0.15) is 11.7 Å². The number of imidazole rings is 1. The van der Waals surface area contributed by atoms with Gasteiger partial charge in [0.15, 0.2) is 5.78 Å². The van der Waals surface area contributed by atoms with Gasteiger partial charge >= 0.3 is 0 Å². The highest BCUT2D eigenvalue weighted by atomic mass is 16.2. The molecule has 4 rings (SSSR count). The van der Waals surface area contributed by atoms with E-state index in [2.05, 4.69) is 15.1 Å². The van der Waals surface area contributed by atoms with E-state index in [1.807, 2.05) is 42.5 Å². The maximum Gasteiger partial charge on any atom is 0.263 e. The molecule has 2 heterocycles. The zero-order valence-electron chi connectivity index (χ0n) is 14.3. The molecule has 0 spiro atoms. The van der Waals surface area contributed by atoms with Crippen molar-refractivity contribution in [3.05, 3.63) is 60.4 Å². The average Bonchev–Trinajstić information content (AvgIpc) is 3.20. The molecule has 1 aromatic heterocycles. The average molecular weight is 346 g/mol. The number of Topliss-reactive ketones (excluding diaryl/α,β-unsaturated/α-hetero) is 1. The van der Waals surface area contributed by atoms with Crippen molar-refractivity contribution in [2.24, 2.45) is 11.0 Å². The summed E-state index contributed by atoms with van der Waals surface area (Å²) in [6.45, 7) is 1.73. The number of carbonyl (C=O) groups excluding carboxylic acids is 2. The first-order valence-corrected chi connectivity index (χ1v) is 8.54. The van der Waals surface area contributed by atoms with E-state index in [-0.39, 0.29) is 18.1 Å². The molecular weight excluding hydrogens is 328 g/mol. The lowest BCUT2D eigenvalue weighted by molar-refractivity contribution is -0.129. The van der Waals surface area contributed by atoms with Crippen LogP contribution in [0.2, 0.25) is 0 Å². The molecule has 6 heteroatoms. The molecule has 1 aliphatic rings. The number of para-hydroxylation sites is 3. The summed E-state index contributed by atoms with van der Waals surface area (Å²) in [6, 6.07) is 16.9. The molecular formula is C20H18N4O2. The Morgan fingerprint density at radius 2 is 1.85 bits per heavy atom. The van der Waals surface area contributed by atoms with Crippen molar-refractivity contribution < 1.29 is 9.59 Å². The lowest BCUT2D eigenvalue weighted by Gasteiger charge is -2.13. The van der Waals surface area contributed by atoms with Crippen molar-refractivity contribution in [2.75, 3.05) is 5.01 Å². The van der Waals surface area contributed by atoms with E-state index in [9.17, 15) is 9.59 Å². The van der Waals surface area contributed by atoms with Gasteiger partial charge in [-0.25, -0.2) is 4.98 Å². The summed E-state index contributed by atoms with van der Waals surface area (Å²) in [6.07, 6.45) is 0.710. The summed E-state index contributed by atoms with van der Waals surface area (Å²) in [5.41, 5.74) is 3.03. The second-order valence-corrected chi connectivity index (χ2v) is 6.33. The molecule has 0 saturated carbocycles. The molecule has 0 saturated heterocycles. The number of nitrogens with zero attached hydrogens (tertiary/aromatic N) is 3. The van der Waals surface area contributed by atoms with Crippen molar-refractivity contribution in [3.8, 4) is 0 Å². The third-order valence-electron chi connectivity index (χ3n) is 4.50. The molecule has 0 fully saturated rings. The first kappa shape index (κ1) is 16.2. The highest BCUT2D eigenvalue weighted by Crippen LogP contribution is 2.25. The molecule has 1 N–H and O–H groups in total. The van der Waals surface area contributed by atoms with Crippen LogP contribution < -0.4 is 5.01 Å². The summed E-state index contributed by atoms with van der Waals surface area (Å²) in [5, 5.41) is 5.61. The van der Waals surface area contributed by atoms with Gasteiger partial charge in [0.2, 0.25) is 0 Å². The van der Waals surface area contributed by atoms with Crippen LogP contribution in [0.25, 0.3) is 11.0 Å². The lowest BCUT2D eigenvalue weighted by atomic mass is 9.95. The molecule has 0 aliphatic carbocycles. The van der Waals surface area contributed by atoms with E-state index in [1.165, 1.54) is 5.01 Å². The summed E-state index contributed by atoms with van der Waals surface area (Å²) >= 11 is 0. The normalized spacial score (nSPS) is 17.0. The number of aromatic nitrogens is 2. The molecule has 0 unspecified atom stereocenters. The Kier molecular flexibility index (Phi) is 4.08. The number of nitrogens with one attached hydrogen (secondary N) is 1. The number of H-pyrrole nitrogens is 1. The van der Waals surface area contributed by atoms with Crippen molar-refractivity contribution in [1.29, 1.82) is 0 Å². The number of hydrogen-bond acceptors (Lipinski definition) is 4. The molecule has 6 nitrogen and oxygen atoms in total. The highest BCUT2D eigenvalue weighted by molar-refractivity contribution is 6.27. The van der Waals surface area contributed by atoms with E-state index in [0.29, 0.717) is 17.8 Å². The number of carbonyl (C=O) groups is 2. The fourth-order valence-electron chi connectivity index (χ4n) is 3.20. The number of fused-ring (bicyclic) bond motifs is 1. The topological polar surface area (TPSA) is 78.4 Å². The maximum absolute atomic E-state index is 12.7. The Bertz CT molecular complexity index is 974. The second-order valence-electron chi connectivity index (χ2n) is 6.33. The molecule has 130 valence electrons. The van der Waals surface area contributed by atoms with E-state index in [1.54, 1.807) is 19.1 Å².